The van der Waals surface area contributed by atoms with Crippen molar-refractivity contribution < 1.29 is 9.90 Å². The number of pyridine rings is 2. The highest BCUT2D eigenvalue weighted by Gasteiger charge is 2.56. The minimum atomic E-state index is -0.287. The lowest BCUT2D eigenvalue weighted by atomic mass is 9.88. The van der Waals surface area contributed by atoms with Crippen molar-refractivity contribution in [3.8, 4) is 11.1 Å². The second kappa shape index (κ2) is 8.37. The van der Waals surface area contributed by atoms with Gasteiger partial charge in [-0.25, -0.2) is 0 Å². The molecule has 33 heavy (non-hydrogen) atoms. The summed E-state index contributed by atoms with van der Waals surface area (Å²) in [6, 6.07) is 7.46. The molecule has 1 aliphatic carbocycles. The van der Waals surface area contributed by atoms with Gasteiger partial charge in [-0.15, -0.1) is 0 Å². The van der Waals surface area contributed by atoms with Gasteiger partial charge in [-0.05, 0) is 56.2 Å². The fourth-order valence-corrected chi connectivity index (χ4v) is 6.44. The number of fused-ring (bicyclic) bond motifs is 3. The maximum atomic E-state index is 13.7. The molecule has 0 unspecified atom stereocenters. The van der Waals surface area contributed by atoms with Crippen LogP contribution >= 0.6 is 0 Å². The van der Waals surface area contributed by atoms with Crippen LogP contribution in [0.15, 0.2) is 41.5 Å². The van der Waals surface area contributed by atoms with Crippen LogP contribution in [0.1, 0.15) is 43.8 Å². The first-order valence-electron chi connectivity index (χ1n) is 12.5. The molecule has 6 rings (SSSR count). The molecule has 3 fully saturated rings. The number of hydrogen-bond donors (Lipinski definition) is 1. The fraction of sp³-hybridized carbons (Fsp3) is 0.577. The predicted octanol–water partition coefficient (Wildman–Crippen LogP) is 2.30. The van der Waals surface area contributed by atoms with Gasteiger partial charge in [0.15, 0.2) is 0 Å². The summed E-state index contributed by atoms with van der Waals surface area (Å²) >= 11 is 0. The van der Waals surface area contributed by atoms with Gasteiger partial charge in [0.25, 0.3) is 5.56 Å². The van der Waals surface area contributed by atoms with Gasteiger partial charge in [-0.1, -0.05) is 6.07 Å². The molecule has 3 aliphatic heterocycles. The lowest BCUT2D eigenvalue weighted by Crippen LogP contribution is -2.51. The van der Waals surface area contributed by atoms with Crippen molar-refractivity contribution in [2.45, 2.75) is 50.7 Å². The molecule has 4 aliphatic rings. The molecular formula is C26H32N4O3. The third-order valence-electron chi connectivity index (χ3n) is 8.25. The Kier molecular flexibility index (Phi) is 5.34. The van der Waals surface area contributed by atoms with E-state index in [2.05, 4.69) is 16.0 Å². The number of aromatic nitrogens is 2. The average Bonchev–Trinajstić information content (AvgIpc) is 3.52. The molecule has 7 heteroatoms. The van der Waals surface area contributed by atoms with Gasteiger partial charge in [0, 0.05) is 73.8 Å². The summed E-state index contributed by atoms with van der Waals surface area (Å²) in [4.78, 5) is 35.8. The third kappa shape index (κ3) is 3.53. The molecule has 2 aromatic heterocycles. The van der Waals surface area contributed by atoms with Crippen LogP contribution in [0.3, 0.4) is 0 Å². The van der Waals surface area contributed by atoms with Crippen LogP contribution in [0.4, 0.5) is 0 Å². The summed E-state index contributed by atoms with van der Waals surface area (Å²) in [6.07, 6.45) is 9.15. The summed E-state index contributed by atoms with van der Waals surface area (Å²) in [7, 11) is 0. The summed E-state index contributed by atoms with van der Waals surface area (Å²) in [6.45, 7) is 3.06. The number of aliphatic hydroxyl groups is 1. The highest BCUT2D eigenvalue weighted by molar-refractivity contribution is 5.83. The maximum absolute atomic E-state index is 13.7. The fourth-order valence-electron chi connectivity index (χ4n) is 6.44. The molecule has 2 saturated heterocycles. The number of carbonyl (C=O) groups excluding carboxylic acids is 1. The maximum Gasteiger partial charge on any atom is 0.258 e. The van der Waals surface area contributed by atoms with Gasteiger partial charge in [0.2, 0.25) is 5.91 Å². The number of rotatable bonds is 5. The molecule has 1 amide bonds. The molecule has 174 valence electrons. The molecule has 5 heterocycles. The van der Waals surface area contributed by atoms with Crippen molar-refractivity contribution in [1.29, 1.82) is 0 Å². The highest BCUT2D eigenvalue weighted by Crippen LogP contribution is 2.51. The van der Waals surface area contributed by atoms with Crippen LogP contribution < -0.4 is 5.56 Å². The lowest BCUT2D eigenvalue weighted by Gasteiger charge is -2.36. The number of amides is 1. The standard InChI is InChI=1S/C26H32N4O3/c31-16-21-20-15-29-22(9-8-19(25(29)32)18-5-4-10-27-13-18)23(20)30(14-17-6-7-17)24(21)26(33)28-11-2-1-3-12-28/h4-5,8-10,13,17,20-21,23-24,31H,1-3,6-7,11-12,14-16H2/t20-,21-,23+,24-/m0/s1. The van der Waals surface area contributed by atoms with Gasteiger partial charge in [-0.2, -0.15) is 0 Å². The number of likely N-dealkylation sites (tertiary alicyclic amines) is 2. The number of carbonyl (C=O) groups is 1. The van der Waals surface area contributed by atoms with E-state index in [1.165, 1.54) is 19.3 Å². The van der Waals surface area contributed by atoms with Crippen LogP contribution in [0.5, 0.6) is 0 Å². The van der Waals surface area contributed by atoms with Crippen molar-refractivity contribution >= 4 is 5.91 Å². The van der Waals surface area contributed by atoms with Gasteiger partial charge in [-0.3, -0.25) is 19.5 Å². The van der Waals surface area contributed by atoms with Crippen LogP contribution in [0.2, 0.25) is 0 Å². The van der Waals surface area contributed by atoms with Crippen molar-refractivity contribution in [3.63, 3.8) is 0 Å². The van der Waals surface area contributed by atoms with Crippen molar-refractivity contribution in [2.24, 2.45) is 17.8 Å². The average molecular weight is 449 g/mol. The van der Waals surface area contributed by atoms with E-state index in [0.29, 0.717) is 18.0 Å². The van der Waals surface area contributed by atoms with Gasteiger partial charge in [0.05, 0.1) is 12.1 Å². The van der Waals surface area contributed by atoms with Gasteiger partial charge in [0.1, 0.15) is 0 Å². The Morgan fingerprint density at radius 2 is 1.94 bits per heavy atom. The molecule has 7 nitrogen and oxygen atoms in total. The van der Waals surface area contributed by atoms with E-state index in [4.69, 9.17) is 0 Å². The number of aliphatic hydroxyl groups excluding tert-OH is 1. The Morgan fingerprint density at radius 3 is 2.64 bits per heavy atom. The summed E-state index contributed by atoms with van der Waals surface area (Å²) in [5, 5.41) is 10.5. The first-order valence-corrected chi connectivity index (χ1v) is 12.5. The van der Waals surface area contributed by atoms with Crippen LogP contribution in [0, 0.1) is 17.8 Å². The summed E-state index contributed by atoms with van der Waals surface area (Å²) in [5.74, 6) is 0.730. The summed E-state index contributed by atoms with van der Waals surface area (Å²) < 4.78 is 1.89. The quantitative estimate of drug-likeness (QED) is 0.759. The minimum absolute atomic E-state index is 0.00290. The number of nitrogens with zero attached hydrogens (tertiary/aromatic N) is 4. The molecule has 0 radical (unpaired) electrons. The third-order valence-corrected chi connectivity index (χ3v) is 8.25. The molecule has 1 saturated carbocycles. The zero-order valence-electron chi connectivity index (χ0n) is 19.0. The SMILES string of the molecule is O=C([C@@H]1[C@@H](CO)[C@@H]2Cn3c(ccc(-c4cccnc4)c3=O)[C@@H]2N1CC1CC1)N1CCCCC1. The van der Waals surface area contributed by atoms with Crippen LogP contribution in [0.25, 0.3) is 11.1 Å². The summed E-state index contributed by atoms with van der Waals surface area (Å²) in [5.41, 5.74) is 2.46. The van der Waals surface area contributed by atoms with E-state index >= 15 is 0 Å². The van der Waals surface area contributed by atoms with Gasteiger partial charge >= 0.3 is 0 Å². The Hall–Kier alpha value is -2.51. The van der Waals surface area contributed by atoms with Crippen molar-refractivity contribution in [3.05, 3.63) is 52.7 Å². The van der Waals surface area contributed by atoms with Crippen molar-refractivity contribution in [1.82, 2.24) is 19.4 Å². The molecule has 0 aromatic carbocycles. The Labute approximate surface area is 194 Å². The topological polar surface area (TPSA) is 78.7 Å². The van der Waals surface area contributed by atoms with E-state index in [9.17, 15) is 14.7 Å². The zero-order chi connectivity index (χ0) is 22.5. The normalized spacial score (nSPS) is 29.2. The molecular weight excluding hydrogens is 416 g/mol. The Bertz CT molecular complexity index is 1090. The van der Waals surface area contributed by atoms with E-state index in [1.807, 2.05) is 27.7 Å². The van der Waals surface area contributed by atoms with Crippen LogP contribution in [-0.2, 0) is 11.3 Å². The van der Waals surface area contributed by atoms with E-state index in [0.717, 1.165) is 43.7 Å². The zero-order valence-corrected chi connectivity index (χ0v) is 19.0. The number of hydrogen-bond acceptors (Lipinski definition) is 5. The monoisotopic (exact) mass is 448 g/mol. The molecule has 4 atom stereocenters. The Morgan fingerprint density at radius 1 is 1.12 bits per heavy atom. The molecule has 0 spiro atoms. The van der Waals surface area contributed by atoms with E-state index in [-0.39, 0.29) is 42.0 Å². The molecule has 0 bridgehead atoms. The molecule has 1 N–H and O–H groups in total. The smallest absolute Gasteiger partial charge is 0.258 e. The lowest BCUT2D eigenvalue weighted by molar-refractivity contribution is -0.139. The Balaban J connectivity index is 1.38. The first kappa shape index (κ1) is 21.1. The van der Waals surface area contributed by atoms with Gasteiger partial charge < -0.3 is 14.6 Å². The minimum Gasteiger partial charge on any atom is -0.396 e. The van der Waals surface area contributed by atoms with E-state index < -0.39 is 0 Å². The molecule has 2 aromatic rings. The number of piperidine rings is 1. The second-order valence-corrected chi connectivity index (χ2v) is 10.3. The van der Waals surface area contributed by atoms with Crippen molar-refractivity contribution in [2.75, 3.05) is 26.2 Å². The highest BCUT2D eigenvalue weighted by atomic mass is 16.3. The predicted molar refractivity (Wildman–Crippen MR) is 124 cm³/mol. The second-order valence-electron chi connectivity index (χ2n) is 10.3. The van der Waals surface area contributed by atoms with Crippen LogP contribution in [-0.4, -0.2) is 62.6 Å². The first-order chi connectivity index (χ1) is 16.2. The largest absolute Gasteiger partial charge is 0.396 e. The van der Waals surface area contributed by atoms with E-state index in [1.54, 1.807) is 12.4 Å².